The second-order valence-electron chi connectivity index (χ2n) is 7.49. The molecule has 1 aromatic rings. The van der Waals surface area contributed by atoms with Crippen LogP contribution in [0, 0.1) is 5.92 Å². The Hall–Kier alpha value is -0.910. The largest absolute Gasteiger partial charge is 0.381 e. The fourth-order valence-corrected chi connectivity index (χ4v) is 4.21. The Morgan fingerprint density at radius 3 is 2.78 bits per heavy atom. The summed E-state index contributed by atoms with van der Waals surface area (Å²) >= 11 is 0. The monoisotopic (exact) mass is 319 g/mol. The molecule has 0 unspecified atom stereocenters. The summed E-state index contributed by atoms with van der Waals surface area (Å²) in [6.07, 6.45) is 8.38. The van der Waals surface area contributed by atoms with Gasteiger partial charge in [-0.2, -0.15) is 0 Å². The van der Waals surface area contributed by atoms with Gasteiger partial charge in [0.25, 0.3) is 0 Å². The highest BCUT2D eigenvalue weighted by molar-refractivity contribution is 5.22. The molecule has 0 aromatic carbocycles. The van der Waals surface area contributed by atoms with E-state index in [0.717, 1.165) is 58.4 Å². The lowest BCUT2D eigenvalue weighted by Crippen LogP contribution is -2.45. The third-order valence-electron chi connectivity index (χ3n) is 5.86. The zero-order chi connectivity index (χ0) is 15.6. The van der Waals surface area contributed by atoms with Crippen molar-refractivity contribution in [2.45, 2.75) is 50.6 Å². The fourth-order valence-electron chi connectivity index (χ4n) is 4.21. The van der Waals surface area contributed by atoms with Crippen LogP contribution in [0.4, 0.5) is 0 Å². The van der Waals surface area contributed by atoms with Gasteiger partial charge >= 0.3 is 0 Å². The van der Waals surface area contributed by atoms with Crippen LogP contribution in [-0.4, -0.2) is 53.5 Å². The van der Waals surface area contributed by atoms with E-state index in [2.05, 4.69) is 21.5 Å². The highest BCUT2D eigenvalue weighted by Gasteiger charge is 2.34. The van der Waals surface area contributed by atoms with Crippen molar-refractivity contribution in [1.82, 2.24) is 14.5 Å². The van der Waals surface area contributed by atoms with E-state index in [-0.39, 0.29) is 0 Å². The maximum Gasteiger partial charge on any atom is 0.0949 e. The minimum atomic E-state index is 0.465. The van der Waals surface area contributed by atoms with Crippen molar-refractivity contribution in [1.29, 1.82) is 0 Å². The molecule has 128 valence electrons. The highest BCUT2D eigenvalue weighted by atomic mass is 16.5. The number of aromatic nitrogens is 2. The number of ether oxygens (including phenoxy) is 2. The lowest BCUT2D eigenvalue weighted by molar-refractivity contribution is 0.00856. The minimum Gasteiger partial charge on any atom is -0.381 e. The molecule has 1 atom stereocenters. The van der Waals surface area contributed by atoms with Crippen molar-refractivity contribution in [2.24, 2.45) is 13.0 Å². The molecular formula is C18H29N3O2. The molecule has 5 nitrogen and oxygen atoms in total. The quantitative estimate of drug-likeness (QED) is 0.835. The summed E-state index contributed by atoms with van der Waals surface area (Å²) in [5.74, 6) is 1.15. The molecule has 1 aromatic heterocycles. The molecule has 23 heavy (non-hydrogen) atoms. The van der Waals surface area contributed by atoms with Gasteiger partial charge in [-0.15, -0.1) is 0 Å². The predicted molar refractivity (Wildman–Crippen MR) is 88.4 cm³/mol. The number of rotatable bonds is 5. The van der Waals surface area contributed by atoms with Crippen LogP contribution < -0.4 is 0 Å². The SMILES string of the molecule is Cn1cnc2c1[C@@H](COCC1CCOCC1)CN(C1CCC1)C2. The highest BCUT2D eigenvalue weighted by Crippen LogP contribution is 2.34. The molecule has 1 saturated carbocycles. The molecule has 2 aliphatic heterocycles. The first-order valence-electron chi connectivity index (χ1n) is 9.21. The van der Waals surface area contributed by atoms with E-state index < -0.39 is 0 Å². The van der Waals surface area contributed by atoms with Crippen LogP contribution in [0.5, 0.6) is 0 Å². The number of imidazole rings is 1. The Balaban J connectivity index is 1.38. The van der Waals surface area contributed by atoms with E-state index in [9.17, 15) is 0 Å². The lowest BCUT2D eigenvalue weighted by Gasteiger charge is -2.42. The van der Waals surface area contributed by atoms with E-state index in [4.69, 9.17) is 9.47 Å². The minimum absolute atomic E-state index is 0.465. The summed E-state index contributed by atoms with van der Waals surface area (Å²) in [7, 11) is 2.12. The van der Waals surface area contributed by atoms with Gasteiger partial charge in [0.05, 0.1) is 18.6 Å². The third-order valence-corrected chi connectivity index (χ3v) is 5.86. The van der Waals surface area contributed by atoms with E-state index in [0.29, 0.717) is 11.8 Å². The van der Waals surface area contributed by atoms with E-state index >= 15 is 0 Å². The summed E-state index contributed by atoms with van der Waals surface area (Å²) in [6, 6.07) is 0.781. The second kappa shape index (κ2) is 6.91. The van der Waals surface area contributed by atoms with Crippen molar-refractivity contribution in [3.8, 4) is 0 Å². The Morgan fingerprint density at radius 1 is 1.22 bits per heavy atom. The van der Waals surface area contributed by atoms with Gasteiger partial charge in [-0.1, -0.05) is 6.42 Å². The van der Waals surface area contributed by atoms with Crippen LogP contribution in [0.3, 0.4) is 0 Å². The molecule has 0 radical (unpaired) electrons. The summed E-state index contributed by atoms with van der Waals surface area (Å²) < 4.78 is 13.8. The Labute approximate surface area is 139 Å². The molecule has 5 heteroatoms. The van der Waals surface area contributed by atoms with Gasteiger partial charge in [0.2, 0.25) is 0 Å². The molecule has 1 saturated heterocycles. The Morgan fingerprint density at radius 2 is 2.04 bits per heavy atom. The van der Waals surface area contributed by atoms with Gasteiger partial charge in [-0.05, 0) is 31.6 Å². The molecule has 2 fully saturated rings. The van der Waals surface area contributed by atoms with Gasteiger partial charge in [0.1, 0.15) is 0 Å². The molecule has 0 spiro atoms. The van der Waals surface area contributed by atoms with Gasteiger partial charge in [0.15, 0.2) is 0 Å². The van der Waals surface area contributed by atoms with Crippen molar-refractivity contribution in [3.63, 3.8) is 0 Å². The maximum absolute atomic E-state index is 6.15. The molecule has 0 bridgehead atoms. The summed E-state index contributed by atoms with van der Waals surface area (Å²) in [6.45, 7) is 5.67. The Bertz CT molecular complexity index is 520. The topological polar surface area (TPSA) is 39.5 Å². The zero-order valence-electron chi connectivity index (χ0n) is 14.2. The van der Waals surface area contributed by atoms with Gasteiger partial charge in [0, 0.05) is 57.6 Å². The summed E-state index contributed by atoms with van der Waals surface area (Å²) in [5.41, 5.74) is 2.66. The fraction of sp³-hybridized carbons (Fsp3) is 0.833. The standard InChI is InChI=1S/C18H29N3O2/c1-20-13-19-17-10-21(16-3-2-4-16)9-15(18(17)20)12-23-11-14-5-7-22-8-6-14/h13-16H,2-12H2,1H3/t15-/m1/s1. The number of fused-ring (bicyclic) bond motifs is 1. The first kappa shape index (κ1) is 15.6. The van der Waals surface area contributed by atoms with Crippen molar-refractivity contribution >= 4 is 0 Å². The zero-order valence-corrected chi connectivity index (χ0v) is 14.2. The van der Waals surface area contributed by atoms with Crippen LogP contribution in [0.25, 0.3) is 0 Å². The second-order valence-corrected chi connectivity index (χ2v) is 7.49. The maximum atomic E-state index is 6.15. The molecule has 3 heterocycles. The van der Waals surface area contributed by atoms with E-state index in [1.54, 1.807) is 0 Å². The van der Waals surface area contributed by atoms with Crippen LogP contribution >= 0.6 is 0 Å². The van der Waals surface area contributed by atoms with Crippen LogP contribution in [-0.2, 0) is 23.1 Å². The first-order chi connectivity index (χ1) is 11.3. The lowest BCUT2D eigenvalue weighted by atomic mass is 9.88. The molecular weight excluding hydrogens is 290 g/mol. The third kappa shape index (κ3) is 3.32. The summed E-state index contributed by atoms with van der Waals surface area (Å²) in [5, 5.41) is 0. The smallest absolute Gasteiger partial charge is 0.0949 e. The van der Waals surface area contributed by atoms with Crippen molar-refractivity contribution < 1.29 is 9.47 Å². The molecule has 1 aliphatic carbocycles. The summed E-state index contributed by atoms with van der Waals surface area (Å²) in [4.78, 5) is 7.28. The molecule has 3 aliphatic rings. The van der Waals surface area contributed by atoms with Gasteiger partial charge in [-0.3, -0.25) is 4.90 Å². The van der Waals surface area contributed by atoms with Gasteiger partial charge in [-0.25, -0.2) is 4.98 Å². The van der Waals surface area contributed by atoms with Gasteiger partial charge < -0.3 is 14.0 Å². The molecule has 0 N–H and O–H groups in total. The van der Waals surface area contributed by atoms with E-state index in [1.807, 2.05) is 6.33 Å². The Kier molecular flexibility index (Phi) is 4.69. The van der Waals surface area contributed by atoms with Crippen molar-refractivity contribution in [2.75, 3.05) is 33.0 Å². The van der Waals surface area contributed by atoms with Crippen LogP contribution in [0.15, 0.2) is 6.33 Å². The number of nitrogens with zero attached hydrogens (tertiary/aromatic N) is 3. The number of hydrogen-bond donors (Lipinski definition) is 0. The van der Waals surface area contributed by atoms with Crippen LogP contribution in [0.2, 0.25) is 0 Å². The molecule has 0 amide bonds. The number of hydrogen-bond acceptors (Lipinski definition) is 4. The number of aryl methyl sites for hydroxylation is 1. The van der Waals surface area contributed by atoms with Crippen LogP contribution in [0.1, 0.15) is 49.4 Å². The predicted octanol–water partition coefficient (Wildman–Crippen LogP) is 2.32. The average molecular weight is 319 g/mol. The van der Waals surface area contributed by atoms with E-state index in [1.165, 1.54) is 30.7 Å². The first-order valence-corrected chi connectivity index (χ1v) is 9.21. The molecule has 4 rings (SSSR count). The van der Waals surface area contributed by atoms with Crippen molar-refractivity contribution in [3.05, 3.63) is 17.7 Å². The normalized spacial score (nSPS) is 26.9. The average Bonchev–Trinajstić information content (AvgIpc) is 2.88.